The van der Waals surface area contributed by atoms with E-state index in [4.69, 9.17) is 4.98 Å². The van der Waals surface area contributed by atoms with Crippen LogP contribution in [0.25, 0.3) is 39.5 Å². The van der Waals surface area contributed by atoms with Crippen molar-refractivity contribution in [1.82, 2.24) is 29.5 Å². The first kappa shape index (κ1) is 24.9. The van der Waals surface area contributed by atoms with Gasteiger partial charge in [0, 0.05) is 36.0 Å². The van der Waals surface area contributed by atoms with E-state index in [0.29, 0.717) is 28.3 Å². The Balaban J connectivity index is 1.48. The van der Waals surface area contributed by atoms with Crippen LogP contribution >= 0.6 is 0 Å². The number of hydrogen-bond acceptors (Lipinski definition) is 5. The van der Waals surface area contributed by atoms with Gasteiger partial charge in [-0.15, -0.1) is 10.2 Å². The molecule has 11 heteroatoms. The lowest BCUT2D eigenvalue weighted by atomic mass is 9.98. The molecule has 0 amide bonds. The Morgan fingerprint density at radius 2 is 1.79 bits per heavy atom. The van der Waals surface area contributed by atoms with Crippen LogP contribution in [-0.2, 0) is 19.8 Å². The van der Waals surface area contributed by atoms with Crippen molar-refractivity contribution in [2.24, 2.45) is 7.05 Å². The number of pyridine rings is 1. The van der Waals surface area contributed by atoms with Gasteiger partial charge in [-0.1, -0.05) is 12.1 Å². The first-order chi connectivity index (χ1) is 18.7. The van der Waals surface area contributed by atoms with E-state index >= 15 is 0 Å². The molecule has 0 saturated heterocycles. The molecule has 1 saturated carbocycles. The van der Waals surface area contributed by atoms with Crippen molar-refractivity contribution < 1.29 is 22.7 Å². The highest BCUT2D eigenvalue weighted by molar-refractivity contribution is 5.81. The molecule has 1 N–H and O–H groups in total. The summed E-state index contributed by atoms with van der Waals surface area (Å²) in [5, 5.41) is 21.9. The highest BCUT2D eigenvalue weighted by atomic mass is 19.4. The summed E-state index contributed by atoms with van der Waals surface area (Å²) in [4.78, 5) is 4.76. The Hall–Kier alpha value is -4.38. The van der Waals surface area contributed by atoms with E-state index < -0.39 is 17.6 Å². The molecule has 1 aliphatic rings. The van der Waals surface area contributed by atoms with Crippen LogP contribution in [0.2, 0.25) is 0 Å². The zero-order valence-electron chi connectivity index (χ0n) is 20.7. The number of aliphatic hydroxyl groups excluding tert-OH is 1. The largest absolute Gasteiger partial charge is 0.417 e. The van der Waals surface area contributed by atoms with Crippen molar-refractivity contribution in [2.75, 3.05) is 0 Å². The second-order valence-corrected chi connectivity index (χ2v) is 9.58. The molecule has 0 unspecified atom stereocenters. The number of aromatic nitrogens is 6. The third-order valence-corrected chi connectivity index (χ3v) is 6.77. The Morgan fingerprint density at radius 1 is 0.974 bits per heavy atom. The van der Waals surface area contributed by atoms with E-state index in [2.05, 4.69) is 15.3 Å². The third-order valence-electron chi connectivity index (χ3n) is 6.77. The lowest BCUT2D eigenvalue weighted by Gasteiger charge is -2.13. The van der Waals surface area contributed by atoms with Crippen LogP contribution in [0.4, 0.5) is 17.6 Å². The van der Waals surface area contributed by atoms with Crippen LogP contribution in [0.15, 0.2) is 67.3 Å². The summed E-state index contributed by atoms with van der Waals surface area (Å²) in [6.45, 7) is -0.390. The van der Waals surface area contributed by atoms with Gasteiger partial charge in [-0.05, 0) is 71.5 Å². The first-order valence-electron chi connectivity index (χ1n) is 12.2. The molecule has 39 heavy (non-hydrogen) atoms. The highest BCUT2D eigenvalue weighted by Crippen LogP contribution is 2.42. The van der Waals surface area contributed by atoms with Crippen molar-refractivity contribution >= 4 is 0 Å². The summed E-state index contributed by atoms with van der Waals surface area (Å²) < 4.78 is 58.7. The van der Waals surface area contributed by atoms with Gasteiger partial charge in [-0.2, -0.15) is 18.3 Å². The van der Waals surface area contributed by atoms with E-state index in [-0.39, 0.29) is 23.7 Å². The van der Waals surface area contributed by atoms with E-state index in [1.807, 2.05) is 6.07 Å². The fourth-order valence-corrected chi connectivity index (χ4v) is 4.64. The van der Waals surface area contributed by atoms with Crippen LogP contribution in [0.5, 0.6) is 0 Å². The van der Waals surface area contributed by atoms with Crippen LogP contribution < -0.4 is 0 Å². The summed E-state index contributed by atoms with van der Waals surface area (Å²) in [6.07, 6.45) is 1.74. The van der Waals surface area contributed by atoms with Crippen LogP contribution in [0, 0.1) is 5.82 Å². The normalized spacial score (nSPS) is 13.7. The minimum Gasteiger partial charge on any atom is -0.392 e. The van der Waals surface area contributed by atoms with Gasteiger partial charge >= 0.3 is 6.18 Å². The summed E-state index contributed by atoms with van der Waals surface area (Å²) >= 11 is 0. The Bertz CT molecular complexity index is 1690. The van der Waals surface area contributed by atoms with E-state index in [9.17, 15) is 22.7 Å². The average molecular weight is 535 g/mol. The number of halogens is 4. The molecule has 7 nitrogen and oxygen atoms in total. The number of benzene rings is 2. The first-order valence-corrected chi connectivity index (χ1v) is 12.2. The average Bonchev–Trinajstić information content (AvgIpc) is 3.50. The Morgan fingerprint density at radius 3 is 2.49 bits per heavy atom. The molecule has 0 radical (unpaired) electrons. The third kappa shape index (κ3) is 4.81. The molecule has 2 aromatic carbocycles. The molecule has 3 heterocycles. The topological polar surface area (TPSA) is 81.7 Å². The second-order valence-electron chi connectivity index (χ2n) is 9.58. The number of alkyl halides is 3. The van der Waals surface area contributed by atoms with Gasteiger partial charge in [0.05, 0.1) is 18.4 Å². The maximum atomic E-state index is 14.3. The monoisotopic (exact) mass is 534 g/mol. The van der Waals surface area contributed by atoms with Crippen molar-refractivity contribution in [3.8, 4) is 39.5 Å². The van der Waals surface area contributed by atoms with Gasteiger partial charge in [0.25, 0.3) is 0 Å². The Kier molecular flexibility index (Phi) is 6.02. The van der Waals surface area contributed by atoms with Gasteiger partial charge in [-0.3, -0.25) is 0 Å². The molecular formula is C28H22F4N6O. The van der Waals surface area contributed by atoms with Gasteiger partial charge in [0.2, 0.25) is 0 Å². The van der Waals surface area contributed by atoms with Gasteiger partial charge < -0.3 is 9.67 Å². The summed E-state index contributed by atoms with van der Waals surface area (Å²) in [7, 11) is 1.77. The molecule has 0 atom stereocenters. The van der Waals surface area contributed by atoms with Crippen LogP contribution in [0.1, 0.15) is 35.6 Å². The predicted octanol–water partition coefficient (Wildman–Crippen LogP) is 5.92. The second kappa shape index (κ2) is 9.42. The molecule has 0 bridgehead atoms. The number of aryl methyl sites for hydroxylation is 1. The van der Waals surface area contributed by atoms with Crippen molar-refractivity contribution in [3.63, 3.8) is 0 Å². The maximum absolute atomic E-state index is 14.3. The van der Waals surface area contributed by atoms with E-state index in [1.165, 1.54) is 47.7 Å². The maximum Gasteiger partial charge on any atom is 0.417 e. The van der Waals surface area contributed by atoms with Gasteiger partial charge in [-0.25, -0.2) is 14.1 Å². The molecule has 0 spiro atoms. The Labute approximate surface area is 220 Å². The van der Waals surface area contributed by atoms with Gasteiger partial charge in [0.1, 0.15) is 12.1 Å². The molecular weight excluding hydrogens is 512 g/mol. The molecule has 5 aromatic rings. The summed E-state index contributed by atoms with van der Waals surface area (Å²) in [6, 6.07) is 11.7. The minimum absolute atomic E-state index is 0.0815. The highest BCUT2D eigenvalue weighted by Gasteiger charge is 2.34. The smallest absolute Gasteiger partial charge is 0.392 e. The number of rotatable bonds is 6. The lowest BCUT2D eigenvalue weighted by Crippen LogP contribution is -2.07. The fourth-order valence-electron chi connectivity index (χ4n) is 4.64. The number of hydrogen-bond donors (Lipinski definition) is 1. The van der Waals surface area contributed by atoms with Gasteiger partial charge in [0.15, 0.2) is 11.6 Å². The number of nitrogens with zero attached hydrogens (tertiary/aromatic N) is 6. The molecule has 1 aliphatic carbocycles. The zero-order chi connectivity index (χ0) is 27.3. The SMILES string of the molecule is Cn1cnnc1-c1cc(F)ccc1-c1cc(C2CC2)nc(-n2cc(-c3cc(CO)ccc3C(F)(F)F)cn2)c1. The summed E-state index contributed by atoms with van der Waals surface area (Å²) in [5.41, 5.74) is 2.52. The van der Waals surface area contributed by atoms with Crippen molar-refractivity contribution in [2.45, 2.75) is 31.5 Å². The number of aliphatic hydroxyl groups is 1. The lowest BCUT2D eigenvalue weighted by molar-refractivity contribution is -0.137. The van der Waals surface area contributed by atoms with E-state index in [0.717, 1.165) is 30.2 Å². The standard InChI is InChI=1S/C28H22F4N6O/c1-37-15-33-36-27(37)23-11-20(29)5-6-21(23)18-9-25(17-3-4-17)35-26(10-18)38-13-19(12-34-38)22-8-16(14-39)2-7-24(22)28(30,31)32/h2,5-13,15,17,39H,3-4,14H2,1H3. The molecule has 0 aliphatic heterocycles. The molecule has 3 aromatic heterocycles. The molecule has 1 fully saturated rings. The molecule has 6 rings (SSSR count). The van der Waals surface area contributed by atoms with Crippen LogP contribution in [0.3, 0.4) is 0 Å². The molecule has 198 valence electrons. The zero-order valence-corrected chi connectivity index (χ0v) is 20.7. The minimum atomic E-state index is -4.58. The fraction of sp³-hybridized carbons (Fsp3) is 0.214. The predicted molar refractivity (Wildman–Crippen MR) is 135 cm³/mol. The van der Waals surface area contributed by atoms with E-state index in [1.54, 1.807) is 23.7 Å². The summed E-state index contributed by atoms with van der Waals surface area (Å²) in [5.74, 6) is 0.743. The van der Waals surface area contributed by atoms with Crippen molar-refractivity contribution in [3.05, 3.63) is 89.9 Å². The van der Waals surface area contributed by atoms with Crippen molar-refractivity contribution in [1.29, 1.82) is 0 Å². The van der Waals surface area contributed by atoms with Crippen LogP contribution in [-0.4, -0.2) is 34.6 Å². The quantitative estimate of drug-likeness (QED) is 0.274.